The van der Waals surface area contributed by atoms with E-state index in [1.54, 1.807) is 0 Å². The zero-order valence-electron chi connectivity index (χ0n) is 13.4. The van der Waals surface area contributed by atoms with E-state index in [4.69, 9.17) is 4.74 Å². The van der Waals surface area contributed by atoms with Crippen LogP contribution in [-0.4, -0.2) is 53.0 Å². The highest BCUT2D eigenvalue weighted by Gasteiger charge is 2.60. The van der Waals surface area contributed by atoms with Crippen molar-refractivity contribution in [1.29, 1.82) is 0 Å². The van der Waals surface area contributed by atoms with E-state index in [9.17, 15) is 9.90 Å². The Morgan fingerprint density at radius 2 is 1.86 bits per heavy atom. The zero-order chi connectivity index (χ0) is 15.3. The Morgan fingerprint density at radius 1 is 1.14 bits per heavy atom. The third-order valence-corrected chi connectivity index (χ3v) is 6.51. The Bertz CT molecular complexity index is 436. The fourth-order valence-electron chi connectivity index (χ4n) is 5.62. The van der Waals surface area contributed by atoms with Crippen LogP contribution in [0.3, 0.4) is 0 Å². The van der Waals surface area contributed by atoms with Crippen molar-refractivity contribution in [3.8, 4) is 0 Å². The second-order valence-electron chi connectivity index (χ2n) is 7.58. The molecule has 1 amide bonds. The summed E-state index contributed by atoms with van der Waals surface area (Å²) in [6.45, 7) is 2.24. The summed E-state index contributed by atoms with van der Waals surface area (Å²) in [6, 6.07) is 0.664. The van der Waals surface area contributed by atoms with Gasteiger partial charge in [-0.1, -0.05) is 19.3 Å². The number of aliphatic hydroxyl groups is 1. The third-order valence-electron chi connectivity index (χ3n) is 6.51. The van der Waals surface area contributed by atoms with Crippen LogP contribution in [0.25, 0.3) is 0 Å². The van der Waals surface area contributed by atoms with Crippen LogP contribution in [0, 0.1) is 11.8 Å². The lowest BCUT2D eigenvalue weighted by atomic mass is 9.72. The van der Waals surface area contributed by atoms with Gasteiger partial charge in [-0.15, -0.1) is 0 Å². The van der Waals surface area contributed by atoms with Crippen molar-refractivity contribution in [2.24, 2.45) is 11.8 Å². The highest BCUT2D eigenvalue weighted by molar-refractivity contribution is 5.70. The van der Waals surface area contributed by atoms with E-state index >= 15 is 0 Å². The van der Waals surface area contributed by atoms with Gasteiger partial charge in [0.1, 0.15) is 0 Å². The van der Waals surface area contributed by atoms with Gasteiger partial charge < -0.3 is 15.2 Å². The Hall–Kier alpha value is -0.810. The second-order valence-corrected chi connectivity index (χ2v) is 7.58. The summed E-state index contributed by atoms with van der Waals surface area (Å²) in [5.41, 5.74) is 0. The molecule has 4 rings (SSSR count). The van der Waals surface area contributed by atoms with Gasteiger partial charge in [0, 0.05) is 6.04 Å². The van der Waals surface area contributed by atoms with Crippen LogP contribution in [0.5, 0.6) is 0 Å². The van der Waals surface area contributed by atoms with Gasteiger partial charge in [-0.05, 0) is 44.4 Å². The number of carbonyl (C=O) groups excluding carboxylic acids is 1. The number of carbonyl (C=O) groups is 1. The van der Waals surface area contributed by atoms with Gasteiger partial charge in [0.15, 0.2) is 0 Å². The first-order chi connectivity index (χ1) is 10.7. The maximum Gasteiger partial charge on any atom is 0.410 e. The molecule has 0 aromatic heterocycles. The van der Waals surface area contributed by atoms with Gasteiger partial charge in [0.25, 0.3) is 0 Å². The van der Waals surface area contributed by atoms with E-state index in [0.717, 1.165) is 18.8 Å². The molecule has 5 nitrogen and oxygen atoms in total. The van der Waals surface area contributed by atoms with E-state index in [1.165, 1.54) is 32.1 Å². The molecule has 3 heterocycles. The fraction of sp³-hybridized carbons (Fsp3) is 0.941. The summed E-state index contributed by atoms with van der Waals surface area (Å²) in [5, 5.41) is 14.4. The first kappa shape index (κ1) is 14.8. The van der Waals surface area contributed by atoms with E-state index in [2.05, 4.69) is 5.32 Å². The van der Waals surface area contributed by atoms with Gasteiger partial charge >= 0.3 is 6.09 Å². The number of fused-ring (bicyclic) bond motifs is 2. The normalized spacial score (nSPS) is 44.4. The average Bonchev–Trinajstić information content (AvgIpc) is 2.64. The van der Waals surface area contributed by atoms with Gasteiger partial charge in [-0.25, -0.2) is 4.79 Å². The van der Waals surface area contributed by atoms with Crippen LogP contribution in [0.15, 0.2) is 0 Å². The van der Waals surface area contributed by atoms with Crippen molar-refractivity contribution in [2.45, 2.75) is 82.1 Å². The number of aliphatic hydroxyl groups excluding tert-OH is 1. The number of nitrogens with one attached hydrogen (secondary N) is 1. The minimum absolute atomic E-state index is 0.0417. The molecule has 0 aromatic carbocycles. The molecule has 3 saturated heterocycles. The lowest BCUT2D eigenvalue weighted by Crippen LogP contribution is -2.62. The quantitative estimate of drug-likeness (QED) is 0.818. The Morgan fingerprint density at radius 3 is 2.59 bits per heavy atom. The van der Waals surface area contributed by atoms with Crippen LogP contribution >= 0.6 is 0 Å². The molecule has 5 unspecified atom stereocenters. The van der Waals surface area contributed by atoms with E-state index in [1.807, 2.05) is 11.8 Å². The van der Waals surface area contributed by atoms with Crippen molar-refractivity contribution in [2.75, 3.05) is 6.61 Å². The van der Waals surface area contributed by atoms with Crippen LogP contribution in [0.2, 0.25) is 0 Å². The molecular formula is C17H28N2O3. The van der Waals surface area contributed by atoms with Crippen molar-refractivity contribution < 1.29 is 14.6 Å². The summed E-state index contributed by atoms with van der Waals surface area (Å²) in [6.07, 6.45) is 8.02. The second kappa shape index (κ2) is 5.68. The van der Waals surface area contributed by atoms with Crippen molar-refractivity contribution in [3.05, 3.63) is 0 Å². The van der Waals surface area contributed by atoms with Crippen molar-refractivity contribution in [3.63, 3.8) is 0 Å². The minimum Gasteiger partial charge on any atom is -0.450 e. The molecule has 1 saturated carbocycles. The topological polar surface area (TPSA) is 61.8 Å². The van der Waals surface area contributed by atoms with Gasteiger partial charge in [0.05, 0.1) is 30.8 Å². The van der Waals surface area contributed by atoms with Crippen LogP contribution in [0.4, 0.5) is 4.79 Å². The molecule has 4 aliphatic rings. The molecule has 0 radical (unpaired) electrons. The maximum absolute atomic E-state index is 12.2. The van der Waals surface area contributed by atoms with Gasteiger partial charge in [-0.2, -0.15) is 0 Å². The number of amides is 1. The Labute approximate surface area is 132 Å². The lowest BCUT2D eigenvalue weighted by Gasteiger charge is -2.48. The van der Waals surface area contributed by atoms with E-state index in [-0.39, 0.29) is 24.2 Å². The number of hydrogen-bond donors (Lipinski definition) is 2. The Kier molecular flexibility index (Phi) is 3.81. The SMILES string of the molecule is CCOC(=O)N1C2CC3CC1[C@H](O)C2NC3C1CCCCC1. The predicted octanol–water partition coefficient (Wildman–Crippen LogP) is 1.89. The van der Waals surface area contributed by atoms with E-state index in [0.29, 0.717) is 18.6 Å². The first-order valence-corrected chi connectivity index (χ1v) is 9.10. The molecule has 0 aromatic rings. The molecule has 5 heteroatoms. The highest BCUT2D eigenvalue weighted by Crippen LogP contribution is 2.47. The average molecular weight is 308 g/mol. The molecule has 0 spiro atoms. The molecule has 124 valence electrons. The highest BCUT2D eigenvalue weighted by atomic mass is 16.6. The monoisotopic (exact) mass is 308 g/mol. The maximum atomic E-state index is 12.2. The molecule has 6 atom stereocenters. The molecule has 3 aliphatic heterocycles. The number of hydrogen-bond acceptors (Lipinski definition) is 4. The summed E-state index contributed by atoms with van der Waals surface area (Å²) >= 11 is 0. The van der Waals surface area contributed by atoms with Crippen molar-refractivity contribution >= 4 is 6.09 Å². The summed E-state index contributed by atoms with van der Waals surface area (Å²) in [4.78, 5) is 14.1. The number of rotatable bonds is 2. The molecular weight excluding hydrogens is 280 g/mol. The molecule has 3 bridgehead atoms. The smallest absolute Gasteiger partial charge is 0.410 e. The number of nitrogens with zero attached hydrogens (tertiary/aromatic N) is 1. The van der Waals surface area contributed by atoms with Crippen LogP contribution < -0.4 is 5.32 Å². The van der Waals surface area contributed by atoms with Crippen molar-refractivity contribution in [1.82, 2.24) is 10.2 Å². The predicted molar refractivity (Wildman–Crippen MR) is 82.5 cm³/mol. The van der Waals surface area contributed by atoms with Crippen LogP contribution in [0.1, 0.15) is 51.9 Å². The summed E-state index contributed by atoms with van der Waals surface area (Å²) in [7, 11) is 0. The van der Waals surface area contributed by atoms with Gasteiger partial charge in [0.2, 0.25) is 0 Å². The first-order valence-electron chi connectivity index (χ1n) is 9.10. The number of piperidine rings is 2. The fourth-order valence-corrected chi connectivity index (χ4v) is 5.62. The molecule has 4 fully saturated rings. The Balaban J connectivity index is 1.52. The molecule has 1 aliphatic carbocycles. The minimum atomic E-state index is -0.437. The largest absolute Gasteiger partial charge is 0.450 e. The third kappa shape index (κ3) is 2.16. The molecule has 2 N–H and O–H groups in total. The number of ether oxygens (including phenoxy) is 1. The summed E-state index contributed by atoms with van der Waals surface area (Å²) in [5.74, 6) is 1.37. The van der Waals surface area contributed by atoms with Crippen LogP contribution in [-0.2, 0) is 4.74 Å². The zero-order valence-corrected chi connectivity index (χ0v) is 13.4. The van der Waals surface area contributed by atoms with Gasteiger partial charge in [-0.3, -0.25) is 4.90 Å². The lowest BCUT2D eigenvalue weighted by molar-refractivity contribution is 0.0206. The standard InChI is InChI=1S/C17H28N2O3/c1-2-22-17(21)19-12-8-11-9-13(19)16(20)15(12)18-14(11)10-6-4-3-5-7-10/h10-16,18,20H,2-9H2,1H3/t11?,12?,13?,14?,15?,16-/m0/s1. The van der Waals surface area contributed by atoms with E-state index < -0.39 is 6.10 Å². The summed E-state index contributed by atoms with van der Waals surface area (Å²) < 4.78 is 5.21. The molecule has 22 heavy (non-hydrogen) atoms.